The van der Waals surface area contributed by atoms with Crippen LogP contribution in [0.2, 0.25) is 0 Å². The molecule has 4 heteroatoms. The molecular weight excluding hydrogens is 250 g/mol. The first-order valence-corrected chi connectivity index (χ1v) is 6.94. The van der Waals surface area contributed by atoms with Crippen molar-refractivity contribution in [3.8, 4) is 6.07 Å². The summed E-state index contributed by atoms with van der Waals surface area (Å²) in [5, 5.41) is 8.76. The van der Waals surface area contributed by atoms with Crippen LogP contribution < -0.4 is 0 Å². The van der Waals surface area contributed by atoms with Gasteiger partial charge in [-0.3, -0.25) is 4.79 Å². The summed E-state index contributed by atoms with van der Waals surface area (Å²) in [5.74, 6) is 0.681. The third-order valence-electron chi connectivity index (χ3n) is 4.03. The van der Waals surface area contributed by atoms with Crippen molar-refractivity contribution in [3.05, 3.63) is 35.4 Å². The zero-order chi connectivity index (χ0) is 14.7. The summed E-state index contributed by atoms with van der Waals surface area (Å²) in [6, 6.07) is 9.77. The molecule has 0 spiro atoms. The first-order chi connectivity index (χ1) is 9.51. The molecule has 0 N–H and O–H groups in total. The molecule has 2 rings (SSSR count). The number of nitriles is 1. The van der Waals surface area contributed by atoms with E-state index in [4.69, 9.17) is 5.26 Å². The molecule has 1 amide bonds. The highest BCUT2D eigenvalue weighted by Gasteiger charge is 2.33. The van der Waals surface area contributed by atoms with Crippen LogP contribution >= 0.6 is 0 Å². The summed E-state index contributed by atoms with van der Waals surface area (Å²) < 4.78 is 0. The number of hydrogen-bond donors (Lipinski definition) is 0. The molecule has 2 unspecified atom stereocenters. The lowest BCUT2D eigenvalue weighted by atomic mass is 10.1. The lowest BCUT2D eigenvalue weighted by Crippen LogP contribution is -2.36. The number of likely N-dealkylation sites (N-methyl/N-ethyl adjacent to an activating group) is 1. The SMILES string of the molecule is CC1CN(C(=O)Cc2ccc(C#N)cc2)CC1N(C)C. The summed E-state index contributed by atoms with van der Waals surface area (Å²) in [7, 11) is 4.13. The molecule has 1 aliphatic heterocycles. The Labute approximate surface area is 120 Å². The molecule has 20 heavy (non-hydrogen) atoms. The van der Waals surface area contributed by atoms with Gasteiger partial charge in [0.25, 0.3) is 0 Å². The zero-order valence-electron chi connectivity index (χ0n) is 12.3. The lowest BCUT2D eigenvalue weighted by molar-refractivity contribution is -0.129. The number of hydrogen-bond acceptors (Lipinski definition) is 3. The third kappa shape index (κ3) is 3.17. The average Bonchev–Trinajstić information content (AvgIpc) is 2.82. The van der Waals surface area contributed by atoms with Gasteiger partial charge < -0.3 is 9.80 Å². The summed E-state index contributed by atoms with van der Waals surface area (Å²) >= 11 is 0. The number of rotatable bonds is 3. The van der Waals surface area contributed by atoms with E-state index in [0.29, 0.717) is 23.9 Å². The number of benzene rings is 1. The van der Waals surface area contributed by atoms with Crippen LogP contribution in [-0.4, -0.2) is 48.9 Å². The molecule has 2 atom stereocenters. The number of amides is 1. The van der Waals surface area contributed by atoms with Crippen molar-refractivity contribution in [3.63, 3.8) is 0 Å². The van der Waals surface area contributed by atoms with Crippen LogP contribution in [0.5, 0.6) is 0 Å². The smallest absolute Gasteiger partial charge is 0.227 e. The standard InChI is InChI=1S/C16H21N3O/c1-12-10-19(11-15(12)18(2)3)16(20)8-13-4-6-14(9-17)7-5-13/h4-7,12,15H,8,10-11H2,1-3H3. The summed E-state index contributed by atoms with van der Waals surface area (Å²) in [6.07, 6.45) is 0.415. The minimum atomic E-state index is 0.172. The van der Waals surface area contributed by atoms with E-state index in [2.05, 4.69) is 32.0 Å². The van der Waals surface area contributed by atoms with Crippen molar-refractivity contribution >= 4 is 5.91 Å². The van der Waals surface area contributed by atoms with E-state index in [9.17, 15) is 4.79 Å². The number of nitrogens with zero attached hydrogens (tertiary/aromatic N) is 3. The van der Waals surface area contributed by atoms with Gasteiger partial charge in [-0.2, -0.15) is 5.26 Å². The normalized spacial score (nSPS) is 22.1. The molecule has 1 aliphatic rings. The second-order valence-electron chi connectivity index (χ2n) is 5.79. The van der Waals surface area contributed by atoms with Crippen LogP contribution in [0.3, 0.4) is 0 Å². The fourth-order valence-corrected chi connectivity index (χ4v) is 2.81. The fourth-order valence-electron chi connectivity index (χ4n) is 2.81. The van der Waals surface area contributed by atoms with Gasteiger partial charge in [0.15, 0.2) is 0 Å². The van der Waals surface area contributed by atoms with Gasteiger partial charge in [0.05, 0.1) is 18.1 Å². The van der Waals surface area contributed by atoms with Gasteiger partial charge in [0.1, 0.15) is 0 Å². The molecule has 1 saturated heterocycles. The minimum Gasteiger partial charge on any atom is -0.341 e. The van der Waals surface area contributed by atoms with E-state index >= 15 is 0 Å². The Hall–Kier alpha value is -1.86. The maximum absolute atomic E-state index is 12.3. The van der Waals surface area contributed by atoms with Crippen LogP contribution in [0.15, 0.2) is 24.3 Å². The Morgan fingerprint density at radius 1 is 1.35 bits per heavy atom. The highest BCUT2D eigenvalue weighted by molar-refractivity contribution is 5.79. The lowest BCUT2D eigenvalue weighted by Gasteiger charge is -2.22. The zero-order valence-corrected chi connectivity index (χ0v) is 12.3. The Kier molecular flexibility index (Phi) is 4.41. The monoisotopic (exact) mass is 271 g/mol. The number of likely N-dealkylation sites (tertiary alicyclic amines) is 1. The molecule has 0 aliphatic carbocycles. The number of carbonyl (C=O) groups is 1. The van der Waals surface area contributed by atoms with Crippen molar-refractivity contribution in [2.24, 2.45) is 5.92 Å². The molecule has 0 radical (unpaired) electrons. The van der Waals surface area contributed by atoms with Crippen molar-refractivity contribution in [1.29, 1.82) is 5.26 Å². The first kappa shape index (κ1) is 14.5. The minimum absolute atomic E-state index is 0.172. The second kappa shape index (κ2) is 6.06. The van der Waals surface area contributed by atoms with Crippen molar-refractivity contribution in [2.75, 3.05) is 27.2 Å². The van der Waals surface area contributed by atoms with Crippen LogP contribution in [0.1, 0.15) is 18.1 Å². The van der Waals surface area contributed by atoms with Crippen molar-refractivity contribution < 1.29 is 4.79 Å². The molecule has 1 fully saturated rings. The predicted molar refractivity (Wildman–Crippen MR) is 78.1 cm³/mol. The Balaban J connectivity index is 1.97. The van der Waals surface area contributed by atoms with E-state index in [1.54, 1.807) is 12.1 Å². The van der Waals surface area contributed by atoms with Gasteiger partial charge in [-0.05, 0) is 37.7 Å². The van der Waals surface area contributed by atoms with E-state index in [-0.39, 0.29) is 5.91 Å². The van der Waals surface area contributed by atoms with E-state index < -0.39 is 0 Å². The van der Waals surface area contributed by atoms with Gasteiger partial charge in [-0.1, -0.05) is 19.1 Å². The molecule has 4 nitrogen and oxygen atoms in total. The Morgan fingerprint density at radius 3 is 2.50 bits per heavy atom. The Morgan fingerprint density at radius 2 is 2.00 bits per heavy atom. The molecular formula is C16H21N3O. The molecule has 0 bridgehead atoms. The predicted octanol–water partition coefficient (Wildman–Crippen LogP) is 1.51. The maximum atomic E-state index is 12.3. The van der Waals surface area contributed by atoms with Gasteiger partial charge in [-0.15, -0.1) is 0 Å². The topological polar surface area (TPSA) is 47.3 Å². The Bertz CT molecular complexity index is 516. The molecule has 0 aromatic heterocycles. The van der Waals surface area contributed by atoms with E-state index in [0.717, 1.165) is 18.7 Å². The fraction of sp³-hybridized carbons (Fsp3) is 0.500. The molecule has 0 saturated carbocycles. The van der Waals surface area contributed by atoms with Crippen LogP contribution in [0.4, 0.5) is 0 Å². The highest BCUT2D eigenvalue weighted by Crippen LogP contribution is 2.20. The van der Waals surface area contributed by atoms with Gasteiger partial charge in [0.2, 0.25) is 5.91 Å². The van der Waals surface area contributed by atoms with E-state index in [1.807, 2.05) is 17.0 Å². The quantitative estimate of drug-likeness (QED) is 0.837. The van der Waals surface area contributed by atoms with Crippen LogP contribution in [-0.2, 0) is 11.2 Å². The molecule has 1 aromatic carbocycles. The van der Waals surface area contributed by atoms with Gasteiger partial charge in [-0.25, -0.2) is 0 Å². The van der Waals surface area contributed by atoms with Crippen LogP contribution in [0, 0.1) is 17.2 Å². The summed E-state index contributed by atoms with van der Waals surface area (Å²) in [5.41, 5.74) is 1.60. The largest absolute Gasteiger partial charge is 0.341 e. The van der Waals surface area contributed by atoms with E-state index in [1.165, 1.54) is 0 Å². The molecule has 1 heterocycles. The second-order valence-corrected chi connectivity index (χ2v) is 5.79. The first-order valence-electron chi connectivity index (χ1n) is 6.94. The number of carbonyl (C=O) groups excluding carboxylic acids is 1. The van der Waals surface area contributed by atoms with Gasteiger partial charge in [0, 0.05) is 19.1 Å². The third-order valence-corrected chi connectivity index (χ3v) is 4.03. The molecule has 106 valence electrons. The highest BCUT2D eigenvalue weighted by atomic mass is 16.2. The van der Waals surface area contributed by atoms with Gasteiger partial charge >= 0.3 is 0 Å². The van der Waals surface area contributed by atoms with Crippen LogP contribution in [0.25, 0.3) is 0 Å². The van der Waals surface area contributed by atoms with Crippen molar-refractivity contribution in [1.82, 2.24) is 9.80 Å². The summed E-state index contributed by atoms with van der Waals surface area (Å²) in [6.45, 7) is 3.83. The van der Waals surface area contributed by atoms with Crippen molar-refractivity contribution in [2.45, 2.75) is 19.4 Å². The maximum Gasteiger partial charge on any atom is 0.227 e. The average molecular weight is 271 g/mol. The summed E-state index contributed by atoms with van der Waals surface area (Å²) in [4.78, 5) is 16.5. The molecule has 1 aromatic rings.